The van der Waals surface area contributed by atoms with Gasteiger partial charge in [-0.3, -0.25) is 4.79 Å². The minimum Gasteiger partial charge on any atom is -0.493 e. The number of ether oxygens (including phenoxy) is 2. The van der Waals surface area contributed by atoms with Gasteiger partial charge < -0.3 is 19.7 Å². The van der Waals surface area contributed by atoms with Gasteiger partial charge >= 0.3 is 6.03 Å². The molecule has 0 spiro atoms. The molecule has 6 heteroatoms. The third kappa shape index (κ3) is 3.94. The van der Waals surface area contributed by atoms with Crippen molar-refractivity contribution in [3.05, 3.63) is 23.8 Å². The maximum absolute atomic E-state index is 12.7. The van der Waals surface area contributed by atoms with Crippen LogP contribution in [-0.2, 0) is 0 Å². The van der Waals surface area contributed by atoms with Crippen LogP contribution in [0.3, 0.4) is 0 Å². The third-order valence-electron chi connectivity index (χ3n) is 4.08. The van der Waals surface area contributed by atoms with Crippen LogP contribution in [0.15, 0.2) is 18.2 Å². The van der Waals surface area contributed by atoms with Crippen molar-refractivity contribution in [3.8, 4) is 11.5 Å². The molecule has 6 nitrogen and oxygen atoms in total. The van der Waals surface area contributed by atoms with Crippen molar-refractivity contribution >= 4 is 11.8 Å². The number of methoxy groups -OCH3 is 2. The first kappa shape index (κ1) is 17.1. The monoisotopic (exact) mass is 320 g/mol. The number of benzene rings is 1. The largest absolute Gasteiger partial charge is 0.493 e. The summed E-state index contributed by atoms with van der Waals surface area (Å²) in [4.78, 5) is 26.4. The van der Waals surface area contributed by atoms with Crippen LogP contribution in [0.5, 0.6) is 11.5 Å². The first-order valence-electron chi connectivity index (χ1n) is 7.89. The summed E-state index contributed by atoms with van der Waals surface area (Å²) in [6, 6.07) is 5.08. The Morgan fingerprint density at radius 1 is 1.26 bits per heavy atom. The van der Waals surface area contributed by atoms with Crippen LogP contribution in [0.25, 0.3) is 0 Å². The zero-order chi connectivity index (χ0) is 16.8. The molecule has 0 radical (unpaired) electrons. The third-order valence-corrected chi connectivity index (χ3v) is 4.08. The Morgan fingerprint density at radius 2 is 2.00 bits per heavy atom. The van der Waals surface area contributed by atoms with Crippen molar-refractivity contribution in [1.82, 2.24) is 10.2 Å². The molecule has 1 atom stereocenters. The fourth-order valence-corrected chi connectivity index (χ4v) is 2.86. The molecule has 0 bridgehead atoms. The Hall–Kier alpha value is -2.24. The smallest absolute Gasteiger partial charge is 0.317 e. The lowest BCUT2D eigenvalue weighted by Crippen LogP contribution is -2.47. The van der Waals surface area contributed by atoms with Gasteiger partial charge in [0.25, 0.3) is 0 Å². The SMILES string of the molecule is CCNC(=O)N1CCCC(C(=O)c2ccc(OC)c(OC)c2)C1. The molecule has 1 saturated heterocycles. The van der Waals surface area contributed by atoms with Gasteiger partial charge in [-0.25, -0.2) is 4.79 Å². The molecule has 0 aliphatic carbocycles. The second-order valence-corrected chi connectivity index (χ2v) is 5.55. The highest BCUT2D eigenvalue weighted by molar-refractivity contribution is 5.99. The van der Waals surface area contributed by atoms with E-state index in [4.69, 9.17) is 9.47 Å². The van der Waals surface area contributed by atoms with Crippen LogP contribution in [-0.4, -0.2) is 50.6 Å². The Kier molecular flexibility index (Phi) is 5.84. The summed E-state index contributed by atoms with van der Waals surface area (Å²) < 4.78 is 10.4. The topological polar surface area (TPSA) is 67.9 Å². The van der Waals surface area contributed by atoms with E-state index in [1.165, 1.54) is 0 Å². The molecule has 1 unspecified atom stereocenters. The molecule has 1 aliphatic heterocycles. The van der Waals surface area contributed by atoms with Crippen molar-refractivity contribution in [2.24, 2.45) is 5.92 Å². The summed E-state index contributed by atoms with van der Waals surface area (Å²) in [5.74, 6) is 0.996. The average molecular weight is 320 g/mol. The lowest BCUT2D eigenvalue weighted by molar-refractivity contribution is 0.0845. The lowest BCUT2D eigenvalue weighted by Gasteiger charge is -2.32. The van der Waals surface area contributed by atoms with Crippen LogP contribution in [0.2, 0.25) is 0 Å². The van der Waals surface area contributed by atoms with Gasteiger partial charge in [0, 0.05) is 31.1 Å². The Bertz CT molecular complexity index is 574. The number of carbonyl (C=O) groups excluding carboxylic acids is 2. The zero-order valence-electron chi connectivity index (χ0n) is 13.9. The molecule has 2 rings (SSSR count). The van der Waals surface area contributed by atoms with Crippen LogP contribution in [0, 0.1) is 5.92 Å². The fourth-order valence-electron chi connectivity index (χ4n) is 2.86. The molecule has 0 aromatic heterocycles. The number of urea groups is 1. The molecule has 1 fully saturated rings. The van der Waals surface area contributed by atoms with Gasteiger partial charge in [0.15, 0.2) is 17.3 Å². The number of hydrogen-bond acceptors (Lipinski definition) is 4. The summed E-state index contributed by atoms with van der Waals surface area (Å²) in [5.41, 5.74) is 0.588. The van der Waals surface area contributed by atoms with Crippen molar-refractivity contribution in [2.75, 3.05) is 33.9 Å². The summed E-state index contributed by atoms with van der Waals surface area (Å²) in [5, 5.41) is 2.79. The van der Waals surface area contributed by atoms with Gasteiger partial charge in [0.2, 0.25) is 0 Å². The molecule has 126 valence electrons. The highest BCUT2D eigenvalue weighted by Gasteiger charge is 2.29. The zero-order valence-corrected chi connectivity index (χ0v) is 13.9. The quantitative estimate of drug-likeness (QED) is 0.846. The van der Waals surface area contributed by atoms with Crippen LogP contribution in [0.1, 0.15) is 30.1 Å². The van der Waals surface area contributed by atoms with Crippen LogP contribution in [0.4, 0.5) is 4.79 Å². The molecule has 1 heterocycles. The number of amides is 2. The van der Waals surface area contributed by atoms with E-state index in [2.05, 4.69) is 5.32 Å². The molecule has 1 aromatic rings. The maximum atomic E-state index is 12.7. The van der Waals surface area contributed by atoms with E-state index in [0.717, 1.165) is 12.8 Å². The lowest BCUT2D eigenvalue weighted by atomic mass is 9.90. The van der Waals surface area contributed by atoms with E-state index in [1.807, 2.05) is 6.92 Å². The standard InChI is InChI=1S/C17H24N2O4/c1-4-18-17(21)19-9-5-6-13(11-19)16(20)12-7-8-14(22-2)15(10-12)23-3/h7-8,10,13H,4-6,9,11H2,1-3H3,(H,18,21). The highest BCUT2D eigenvalue weighted by Crippen LogP contribution is 2.30. The molecular formula is C17H24N2O4. The summed E-state index contributed by atoms with van der Waals surface area (Å²) in [6.45, 7) is 3.62. The minimum atomic E-state index is -0.176. The number of carbonyl (C=O) groups is 2. The molecule has 0 saturated carbocycles. The molecule has 1 N–H and O–H groups in total. The first-order valence-corrected chi connectivity index (χ1v) is 7.89. The second kappa shape index (κ2) is 7.85. The number of likely N-dealkylation sites (tertiary alicyclic amines) is 1. The first-order chi connectivity index (χ1) is 11.1. The van der Waals surface area contributed by atoms with E-state index in [1.54, 1.807) is 37.3 Å². The minimum absolute atomic E-state index is 0.0416. The Labute approximate surface area is 136 Å². The Balaban J connectivity index is 2.12. The van der Waals surface area contributed by atoms with Crippen LogP contribution >= 0.6 is 0 Å². The predicted octanol–water partition coefficient (Wildman–Crippen LogP) is 2.33. The summed E-state index contributed by atoms with van der Waals surface area (Å²) in [6.07, 6.45) is 1.63. The van der Waals surface area contributed by atoms with Gasteiger partial charge in [-0.1, -0.05) is 0 Å². The van der Waals surface area contributed by atoms with E-state index in [9.17, 15) is 9.59 Å². The van der Waals surface area contributed by atoms with Crippen molar-refractivity contribution in [2.45, 2.75) is 19.8 Å². The van der Waals surface area contributed by atoms with Crippen molar-refractivity contribution < 1.29 is 19.1 Å². The summed E-state index contributed by atoms with van der Waals surface area (Å²) in [7, 11) is 3.11. The average Bonchev–Trinajstić information content (AvgIpc) is 2.60. The van der Waals surface area contributed by atoms with E-state index in [0.29, 0.717) is 36.7 Å². The number of Topliss-reactive ketones (excluding diaryl/α,β-unsaturated/α-hetero) is 1. The van der Waals surface area contributed by atoms with Gasteiger partial charge in [-0.2, -0.15) is 0 Å². The van der Waals surface area contributed by atoms with Crippen LogP contribution < -0.4 is 14.8 Å². The van der Waals surface area contributed by atoms with Crippen molar-refractivity contribution in [3.63, 3.8) is 0 Å². The molecular weight excluding hydrogens is 296 g/mol. The molecule has 23 heavy (non-hydrogen) atoms. The Morgan fingerprint density at radius 3 is 2.65 bits per heavy atom. The van der Waals surface area contributed by atoms with E-state index < -0.39 is 0 Å². The van der Waals surface area contributed by atoms with E-state index >= 15 is 0 Å². The second-order valence-electron chi connectivity index (χ2n) is 5.55. The number of piperidine rings is 1. The number of rotatable bonds is 5. The normalized spacial score (nSPS) is 17.5. The number of nitrogens with zero attached hydrogens (tertiary/aromatic N) is 1. The number of nitrogens with one attached hydrogen (secondary N) is 1. The van der Waals surface area contributed by atoms with Gasteiger partial charge in [0.1, 0.15) is 0 Å². The number of hydrogen-bond donors (Lipinski definition) is 1. The summed E-state index contributed by atoms with van der Waals surface area (Å²) >= 11 is 0. The van der Waals surface area contributed by atoms with Crippen molar-refractivity contribution in [1.29, 1.82) is 0 Å². The molecule has 1 aromatic carbocycles. The van der Waals surface area contributed by atoms with E-state index in [-0.39, 0.29) is 17.7 Å². The van der Waals surface area contributed by atoms with Gasteiger partial charge in [-0.05, 0) is 38.0 Å². The molecule has 2 amide bonds. The predicted molar refractivity (Wildman–Crippen MR) is 87.2 cm³/mol. The van der Waals surface area contributed by atoms with Gasteiger partial charge in [-0.15, -0.1) is 0 Å². The maximum Gasteiger partial charge on any atom is 0.317 e. The van der Waals surface area contributed by atoms with Gasteiger partial charge in [0.05, 0.1) is 14.2 Å². The molecule has 1 aliphatic rings. The highest BCUT2D eigenvalue weighted by atomic mass is 16.5. The fraction of sp³-hybridized carbons (Fsp3) is 0.529. The number of ketones is 1.